The molecule has 0 amide bonds. The van der Waals surface area contributed by atoms with Crippen LogP contribution in [0.1, 0.15) is 53.3 Å². The van der Waals surface area contributed by atoms with Crippen molar-refractivity contribution in [3.63, 3.8) is 0 Å². The van der Waals surface area contributed by atoms with Crippen LogP contribution in [0.4, 0.5) is 0 Å². The number of carboxylic acid groups (broad SMARTS) is 1. The summed E-state index contributed by atoms with van der Waals surface area (Å²) >= 11 is 0. The summed E-state index contributed by atoms with van der Waals surface area (Å²) in [7, 11) is 1.57. The van der Waals surface area contributed by atoms with Crippen LogP contribution in [0.15, 0.2) is 54.6 Å². The monoisotopic (exact) mass is 544 g/mol. The first-order valence-electron chi connectivity index (χ1n) is 13.0. The minimum atomic E-state index is -0.931. The Labute approximate surface area is 230 Å². The van der Waals surface area contributed by atoms with E-state index in [9.17, 15) is 9.90 Å². The van der Waals surface area contributed by atoms with Crippen molar-refractivity contribution < 1.29 is 33.6 Å². The van der Waals surface area contributed by atoms with E-state index in [0.717, 1.165) is 23.1 Å². The molecule has 3 aromatic carbocycles. The van der Waals surface area contributed by atoms with Gasteiger partial charge in [0.2, 0.25) is 12.6 Å². The van der Waals surface area contributed by atoms with Crippen LogP contribution in [0.25, 0.3) is 0 Å². The number of aromatic nitrogens is 4. The van der Waals surface area contributed by atoms with Gasteiger partial charge in [0, 0.05) is 23.5 Å². The Bertz CT molecular complexity index is 1530. The third-order valence-corrected chi connectivity index (χ3v) is 7.26. The van der Waals surface area contributed by atoms with E-state index in [2.05, 4.69) is 20.6 Å². The van der Waals surface area contributed by atoms with E-state index in [1.54, 1.807) is 19.2 Å². The highest BCUT2D eigenvalue weighted by molar-refractivity contribution is 5.78. The van der Waals surface area contributed by atoms with Gasteiger partial charge in [-0.2, -0.15) is 5.21 Å². The lowest BCUT2D eigenvalue weighted by molar-refractivity contribution is -0.142. The molecule has 206 valence electrons. The highest BCUT2D eigenvalue weighted by atomic mass is 16.7. The number of carbonyl (C=O) groups is 1. The molecular formula is C29H28N4O7. The average Bonchev–Trinajstić information content (AvgIpc) is 3.73. The van der Waals surface area contributed by atoms with Gasteiger partial charge in [0.1, 0.15) is 17.2 Å². The molecule has 0 fully saturated rings. The SMILES string of the molecule is CCCOc1ccc2c(c1)C(c1ccc(OC)cc1OCc1nn[nH]n1)C(C(=O)O)C2c1ccc2c(c1)OCO2. The quantitative estimate of drug-likeness (QED) is 0.297. The summed E-state index contributed by atoms with van der Waals surface area (Å²) in [5, 5.41) is 24.7. The number of hydrogen-bond donors (Lipinski definition) is 2. The predicted octanol–water partition coefficient (Wildman–Crippen LogP) is 4.28. The number of tetrazole rings is 1. The van der Waals surface area contributed by atoms with Gasteiger partial charge in [0.15, 0.2) is 18.1 Å². The van der Waals surface area contributed by atoms with E-state index >= 15 is 0 Å². The number of aliphatic carboxylic acids is 1. The van der Waals surface area contributed by atoms with Crippen LogP contribution in [0, 0.1) is 5.92 Å². The molecule has 0 radical (unpaired) electrons. The maximum Gasteiger partial charge on any atom is 0.308 e. The Kier molecular flexibility index (Phi) is 6.85. The summed E-state index contributed by atoms with van der Waals surface area (Å²) < 4.78 is 28.7. The molecule has 0 saturated heterocycles. The van der Waals surface area contributed by atoms with E-state index < -0.39 is 23.7 Å². The zero-order valence-electron chi connectivity index (χ0n) is 22.0. The molecule has 1 aliphatic carbocycles. The van der Waals surface area contributed by atoms with Gasteiger partial charge in [-0.3, -0.25) is 4.79 Å². The van der Waals surface area contributed by atoms with E-state index in [4.69, 9.17) is 23.7 Å². The number of H-pyrrole nitrogens is 1. The van der Waals surface area contributed by atoms with Gasteiger partial charge in [-0.05, 0) is 53.4 Å². The molecule has 11 nitrogen and oxygen atoms in total. The first-order valence-corrected chi connectivity index (χ1v) is 13.0. The topological polar surface area (TPSA) is 138 Å². The van der Waals surface area contributed by atoms with Crippen LogP contribution in [0.2, 0.25) is 0 Å². The van der Waals surface area contributed by atoms with Crippen LogP contribution >= 0.6 is 0 Å². The van der Waals surface area contributed by atoms with Crippen molar-refractivity contribution in [2.75, 3.05) is 20.5 Å². The Morgan fingerprint density at radius 3 is 2.58 bits per heavy atom. The fourth-order valence-corrected chi connectivity index (χ4v) is 5.54. The second-order valence-electron chi connectivity index (χ2n) is 9.59. The van der Waals surface area contributed by atoms with Gasteiger partial charge in [-0.1, -0.05) is 30.3 Å². The lowest BCUT2D eigenvalue weighted by Gasteiger charge is -2.24. The molecule has 2 aliphatic rings. The molecule has 11 heteroatoms. The Hall–Kier alpha value is -4.80. The van der Waals surface area contributed by atoms with Crippen molar-refractivity contribution in [3.8, 4) is 28.7 Å². The summed E-state index contributed by atoms with van der Waals surface area (Å²) in [5.41, 5.74) is 3.29. The summed E-state index contributed by atoms with van der Waals surface area (Å²) in [6, 6.07) is 16.8. The minimum Gasteiger partial charge on any atom is -0.497 e. The number of fused-ring (bicyclic) bond motifs is 2. The first-order chi connectivity index (χ1) is 19.6. The fraction of sp³-hybridized carbons (Fsp3) is 0.310. The second-order valence-corrected chi connectivity index (χ2v) is 9.59. The minimum absolute atomic E-state index is 0.0409. The number of methoxy groups -OCH3 is 1. The number of aromatic amines is 1. The zero-order chi connectivity index (χ0) is 27.6. The van der Waals surface area contributed by atoms with Crippen molar-refractivity contribution in [3.05, 3.63) is 82.7 Å². The molecule has 2 N–H and O–H groups in total. The third kappa shape index (κ3) is 4.63. The van der Waals surface area contributed by atoms with Gasteiger partial charge in [0.25, 0.3) is 0 Å². The van der Waals surface area contributed by atoms with Crippen molar-refractivity contribution >= 4 is 5.97 Å². The molecule has 40 heavy (non-hydrogen) atoms. The number of ether oxygens (including phenoxy) is 5. The van der Waals surface area contributed by atoms with Crippen molar-refractivity contribution in [1.29, 1.82) is 0 Å². The van der Waals surface area contributed by atoms with Gasteiger partial charge < -0.3 is 28.8 Å². The lowest BCUT2D eigenvalue weighted by atomic mass is 9.79. The summed E-state index contributed by atoms with van der Waals surface area (Å²) in [6.07, 6.45) is 0.852. The van der Waals surface area contributed by atoms with Crippen LogP contribution in [-0.4, -0.2) is 52.2 Å². The molecule has 0 bridgehead atoms. The molecule has 0 spiro atoms. The van der Waals surface area contributed by atoms with Gasteiger partial charge in [0.05, 0.1) is 19.6 Å². The van der Waals surface area contributed by atoms with Crippen LogP contribution in [-0.2, 0) is 11.4 Å². The van der Waals surface area contributed by atoms with Gasteiger partial charge >= 0.3 is 5.97 Å². The highest BCUT2D eigenvalue weighted by Crippen LogP contribution is 2.56. The Morgan fingerprint density at radius 2 is 1.80 bits per heavy atom. The smallest absolute Gasteiger partial charge is 0.308 e. The van der Waals surface area contributed by atoms with Crippen molar-refractivity contribution in [2.24, 2.45) is 5.92 Å². The second kappa shape index (κ2) is 10.8. The number of nitrogens with one attached hydrogen (secondary N) is 1. The molecule has 3 unspecified atom stereocenters. The maximum absolute atomic E-state index is 13.1. The highest BCUT2D eigenvalue weighted by Gasteiger charge is 2.48. The largest absolute Gasteiger partial charge is 0.497 e. The van der Waals surface area contributed by atoms with E-state index in [1.807, 2.05) is 49.4 Å². The van der Waals surface area contributed by atoms with Crippen LogP contribution < -0.4 is 23.7 Å². The summed E-state index contributed by atoms with van der Waals surface area (Å²) in [6.45, 7) is 2.77. The number of benzene rings is 3. The van der Waals surface area contributed by atoms with E-state index in [0.29, 0.717) is 46.7 Å². The Balaban J connectivity index is 1.49. The molecule has 4 aromatic rings. The molecular weight excluding hydrogens is 516 g/mol. The standard InChI is InChI=1S/C29H28N4O7/c1-3-10-37-18-6-7-19-21(12-18)27(20-8-5-17(36-2)13-23(20)38-14-25-30-32-33-31-25)28(29(34)35)26(19)16-4-9-22-24(11-16)40-15-39-22/h4-9,11-13,26-28H,3,10,14-15H2,1-2H3,(H,34,35)(H,30,31,32,33). The number of nitrogens with zero attached hydrogens (tertiary/aromatic N) is 3. The third-order valence-electron chi connectivity index (χ3n) is 7.26. The number of rotatable bonds is 10. The predicted molar refractivity (Wildman–Crippen MR) is 141 cm³/mol. The molecule has 0 saturated carbocycles. The van der Waals surface area contributed by atoms with Gasteiger partial charge in [-0.25, -0.2) is 0 Å². The first kappa shape index (κ1) is 25.5. The number of hydrogen-bond acceptors (Lipinski definition) is 9. The maximum atomic E-state index is 13.1. The van der Waals surface area contributed by atoms with Crippen molar-refractivity contribution in [1.82, 2.24) is 20.6 Å². The molecule has 1 aromatic heterocycles. The van der Waals surface area contributed by atoms with Crippen LogP contribution in [0.5, 0.6) is 28.7 Å². The molecule has 3 atom stereocenters. The van der Waals surface area contributed by atoms with E-state index in [1.165, 1.54) is 0 Å². The summed E-state index contributed by atoms with van der Waals surface area (Å²) in [4.78, 5) is 13.1. The summed E-state index contributed by atoms with van der Waals surface area (Å²) in [5.74, 6) is 0.537. The average molecular weight is 545 g/mol. The van der Waals surface area contributed by atoms with E-state index in [-0.39, 0.29) is 13.4 Å². The number of carboxylic acids is 1. The van der Waals surface area contributed by atoms with Crippen molar-refractivity contribution in [2.45, 2.75) is 31.8 Å². The normalized spacial score (nSPS) is 18.8. The lowest BCUT2D eigenvalue weighted by Crippen LogP contribution is -2.24. The molecule has 6 rings (SSSR count). The molecule has 2 heterocycles. The van der Waals surface area contributed by atoms with Crippen LogP contribution in [0.3, 0.4) is 0 Å². The fourth-order valence-electron chi connectivity index (χ4n) is 5.54. The Morgan fingerprint density at radius 1 is 0.975 bits per heavy atom. The molecule has 1 aliphatic heterocycles. The zero-order valence-corrected chi connectivity index (χ0v) is 22.0. The van der Waals surface area contributed by atoms with Gasteiger partial charge in [-0.15, -0.1) is 10.2 Å².